The van der Waals surface area contributed by atoms with E-state index in [9.17, 15) is 4.79 Å². The van der Waals surface area contributed by atoms with E-state index in [1.54, 1.807) is 13.2 Å². The van der Waals surface area contributed by atoms with E-state index in [-0.39, 0.29) is 5.97 Å². The Balaban J connectivity index is 2.51. The van der Waals surface area contributed by atoms with Crippen LogP contribution in [0.2, 0.25) is 0 Å². The number of ether oxygens (including phenoxy) is 2. The smallest absolute Gasteiger partial charge is 0.338 e. The number of carbonyl (C=O) groups is 1. The van der Waals surface area contributed by atoms with Gasteiger partial charge in [-0.05, 0) is 35.4 Å². The highest BCUT2D eigenvalue weighted by Crippen LogP contribution is 2.28. The van der Waals surface area contributed by atoms with Crippen molar-refractivity contribution in [1.29, 1.82) is 0 Å². The van der Waals surface area contributed by atoms with E-state index in [1.807, 2.05) is 36.4 Å². The predicted octanol–water partition coefficient (Wildman–Crippen LogP) is 3.91. The van der Waals surface area contributed by atoms with E-state index < -0.39 is 0 Å². The van der Waals surface area contributed by atoms with Gasteiger partial charge in [-0.25, -0.2) is 4.79 Å². The molecule has 0 atom stereocenters. The molecule has 2 aromatic rings. The molecule has 98 valence electrons. The average molecular weight is 321 g/mol. The molecule has 19 heavy (non-hydrogen) atoms. The van der Waals surface area contributed by atoms with Gasteiger partial charge in [0, 0.05) is 4.47 Å². The number of benzene rings is 2. The third kappa shape index (κ3) is 2.96. The largest absolute Gasteiger partial charge is 0.497 e. The molecule has 2 rings (SSSR count). The normalized spacial score (nSPS) is 10.1. The summed E-state index contributed by atoms with van der Waals surface area (Å²) in [6.07, 6.45) is 0. The summed E-state index contributed by atoms with van der Waals surface area (Å²) in [5.41, 5.74) is 2.30. The lowest BCUT2D eigenvalue weighted by atomic mass is 10.00. The van der Waals surface area contributed by atoms with Crippen LogP contribution in [0.15, 0.2) is 46.9 Å². The Bertz CT molecular complexity index is 591. The molecule has 0 unspecified atom stereocenters. The molecule has 0 aliphatic heterocycles. The second kappa shape index (κ2) is 5.89. The molecule has 0 fully saturated rings. The summed E-state index contributed by atoms with van der Waals surface area (Å²) in [6, 6.07) is 13.1. The molecule has 0 aliphatic rings. The topological polar surface area (TPSA) is 35.5 Å². The van der Waals surface area contributed by atoms with Crippen molar-refractivity contribution in [2.24, 2.45) is 0 Å². The quantitative estimate of drug-likeness (QED) is 0.804. The third-order valence-electron chi connectivity index (χ3n) is 2.79. The maximum atomic E-state index is 11.8. The number of halogens is 1. The second-order valence-corrected chi connectivity index (χ2v) is 4.83. The Labute approximate surface area is 120 Å². The Hall–Kier alpha value is -1.81. The minimum atomic E-state index is -0.355. The summed E-state index contributed by atoms with van der Waals surface area (Å²) in [7, 11) is 3.00. The van der Waals surface area contributed by atoms with Gasteiger partial charge in [0.1, 0.15) is 5.75 Å². The van der Waals surface area contributed by atoms with Crippen molar-refractivity contribution in [2.45, 2.75) is 0 Å². The number of hydrogen-bond donors (Lipinski definition) is 0. The van der Waals surface area contributed by atoms with Crippen LogP contribution in [0.5, 0.6) is 5.75 Å². The lowest BCUT2D eigenvalue weighted by molar-refractivity contribution is 0.0601. The molecule has 4 heteroatoms. The molecule has 0 saturated carbocycles. The Morgan fingerprint density at radius 2 is 1.74 bits per heavy atom. The van der Waals surface area contributed by atoms with Crippen LogP contribution in [0.25, 0.3) is 11.1 Å². The van der Waals surface area contributed by atoms with Crippen molar-refractivity contribution in [3.05, 3.63) is 52.5 Å². The molecule has 0 bridgehead atoms. The molecule has 0 amide bonds. The van der Waals surface area contributed by atoms with Gasteiger partial charge in [0.15, 0.2) is 0 Å². The first-order valence-electron chi connectivity index (χ1n) is 5.68. The van der Waals surface area contributed by atoms with Gasteiger partial charge < -0.3 is 9.47 Å². The molecular formula is C15H13BrO3. The summed E-state index contributed by atoms with van der Waals surface area (Å²) >= 11 is 3.36. The lowest BCUT2D eigenvalue weighted by Gasteiger charge is -2.09. The fourth-order valence-corrected chi connectivity index (χ4v) is 2.18. The predicted molar refractivity (Wildman–Crippen MR) is 77.5 cm³/mol. The highest BCUT2D eigenvalue weighted by molar-refractivity contribution is 9.10. The van der Waals surface area contributed by atoms with E-state index in [0.717, 1.165) is 21.3 Å². The molecule has 0 heterocycles. The van der Waals surface area contributed by atoms with Crippen LogP contribution in [0, 0.1) is 0 Å². The van der Waals surface area contributed by atoms with Gasteiger partial charge >= 0.3 is 5.97 Å². The van der Waals surface area contributed by atoms with Crippen LogP contribution in [-0.2, 0) is 4.74 Å². The van der Waals surface area contributed by atoms with E-state index in [4.69, 9.17) is 9.47 Å². The van der Waals surface area contributed by atoms with Crippen LogP contribution >= 0.6 is 15.9 Å². The van der Waals surface area contributed by atoms with Gasteiger partial charge in [-0.2, -0.15) is 0 Å². The summed E-state index contributed by atoms with van der Waals surface area (Å²) < 4.78 is 10.8. The summed E-state index contributed by atoms with van der Waals surface area (Å²) in [5, 5.41) is 0. The van der Waals surface area contributed by atoms with Gasteiger partial charge in [0.25, 0.3) is 0 Å². The Morgan fingerprint density at radius 3 is 2.32 bits per heavy atom. The molecule has 0 radical (unpaired) electrons. The minimum Gasteiger partial charge on any atom is -0.497 e. The first-order chi connectivity index (χ1) is 9.15. The van der Waals surface area contributed by atoms with Crippen molar-refractivity contribution >= 4 is 21.9 Å². The van der Waals surface area contributed by atoms with Gasteiger partial charge in [0.2, 0.25) is 0 Å². The van der Waals surface area contributed by atoms with E-state index in [1.165, 1.54) is 7.11 Å². The van der Waals surface area contributed by atoms with Crippen molar-refractivity contribution in [3.8, 4) is 16.9 Å². The molecule has 0 saturated heterocycles. The highest BCUT2D eigenvalue weighted by atomic mass is 79.9. The van der Waals surface area contributed by atoms with Gasteiger partial charge in [-0.1, -0.05) is 34.1 Å². The number of esters is 1. The summed E-state index contributed by atoms with van der Waals surface area (Å²) in [4.78, 5) is 11.8. The van der Waals surface area contributed by atoms with Gasteiger partial charge in [0.05, 0.1) is 19.8 Å². The fraction of sp³-hybridized carbons (Fsp3) is 0.133. The maximum absolute atomic E-state index is 11.8. The van der Waals surface area contributed by atoms with Crippen molar-refractivity contribution < 1.29 is 14.3 Å². The molecule has 3 nitrogen and oxygen atoms in total. The van der Waals surface area contributed by atoms with Crippen molar-refractivity contribution in [1.82, 2.24) is 0 Å². The number of methoxy groups -OCH3 is 2. The molecular weight excluding hydrogens is 308 g/mol. The number of rotatable bonds is 3. The SMILES string of the molecule is COC(=O)c1cc(Br)ccc1-c1ccc(OC)cc1. The molecule has 0 N–H and O–H groups in total. The zero-order valence-corrected chi connectivity index (χ0v) is 12.2. The average Bonchev–Trinajstić information content (AvgIpc) is 2.46. The second-order valence-electron chi connectivity index (χ2n) is 3.91. The summed E-state index contributed by atoms with van der Waals surface area (Å²) in [6.45, 7) is 0. The van der Waals surface area contributed by atoms with Gasteiger partial charge in [-0.3, -0.25) is 0 Å². The van der Waals surface area contributed by atoms with E-state index in [0.29, 0.717) is 5.56 Å². The first-order valence-corrected chi connectivity index (χ1v) is 6.47. The molecule has 0 aromatic heterocycles. The van der Waals surface area contributed by atoms with Crippen molar-refractivity contribution in [3.63, 3.8) is 0 Å². The Kier molecular flexibility index (Phi) is 4.22. The zero-order chi connectivity index (χ0) is 13.8. The van der Waals surface area contributed by atoms with Crippen LogP contribution in [0.4, 0.5) is 0 Å². The standard InChI is InChI=1S/C15H13BrO3/c1-18-12-6-3-10(4-7-12)13-8-5-11(16)9-14(13)15(17)19-2/h3-9H,1-2H3. The summed E-state index contributed by atoms with van der Waals surface area (Å²) in [5.74, 6) is 0.424. The van der Waals surface area contributed by atoms with E-state index >= 15 is 0 Å². The lowest BCUT2D eigenvalue weighted by Crippen LogP contribution is -2.03. The Morgan fingerprint density at radius 1 is 1.05 bits per heavy atom. The van der Waals surface area contributed by atoms with Crippen LogP contribution in [-0.4, -0.2) is 20.2 Å². The molecule has 2 aromatic carbocycles. The van der Waals surface area contributed by atoms with E-state index in [2.05, 4.69) is 15.9 Å². The molecule has 0 aliphatic carbocycles. The first kappa shape index (κ1) is 13.6. The fourth-order valence-electron chi connectivity index (χ4n) is 1.82. The highest BCUT2D eigenvalue weighted by Gasteiger charge is 2.13. The number of hydrogen-bond acceptors (Lipinski definition) is 3. The monoisotopic (exact) mass is 320 g/mol. The zero-order valence-electron chi connectivity index (χ0n) is 10.6. The van der Waals surface area contributed by atoms with Crippen LogP contribution < -0.4 is 4.74 Å². The van der Waals surface area contributed by atoms with Crippen molar-refractivity contribution in [2.75, 3.05) is 14.2 Å². The van der Waals surface area contributed by atoms with Crippen LogP contribution in [0.1, 0.15) is 10.4 Å². The maximum Gasteiger partial charge on any atom is 0.338 e. The van der Waals surface area contributed by atoms with Crippen LogP contribution in [0.3, 0.4) is 0 Å². The molecule has 0 spiro atoms. The number of carbonyl (C=O) groups excluding carboxylic acids is 1. The van der Waals surface area contributed by atoms with Gasteiger partial charge in [-0.15, -0.1) is 0 Å². The third-order valence-corrected chi connectivity index (χ3v) is 3.28. The minimum absolute atomic E-state index is 0.355.